The molecule has 1 N–H and O–H groups in total. The summed E-state index contributed by atoms with van der Waals surface area (Å²) in [6.07, 6.45) is 5.15. The van der Waals surface area contributed by atoms with Gasteiger partial charge in [-0.05, 0) is 49.1 Å². The molecule has 9 heteroatoms. The molecule has 3 heterocycles. The highest BCUT2D eigenvalue weighted by Crippen LogP contribution is 2.67. The third-order valence-corrected chi connectivity index (χ3v) is 10.4. The number of aliphatic hydroxyl groups is 1. The Bertz CT molecular complexity index is 1290. The van der Waals surface area contributed by atoms with Crippen molar-refractivity contribution in [1.82, 2.24) is 4.90 Å². The minimum Gasteiger partial charge on any atom is -0.465 e. The molecule has 0 radical (unpaired) electrons. The number of carbonyl (C=O) groups excluding carboxylic acids is 3. The lowest BCUT2D eigenvalue weighted by atomic mass is 9.71. The van der Waals surface area contributed by atoms with Crippen LogP contribution >= 0.6 is 23.4 Å². The number of amides is 2. The zero-order valence-electron chi connectivity index (χ0n) is 22.2. The smallest absolute Gasteiger partial charge is 0.310 e. The molecular weight excluding hydrogens is 548 g/mol. The standard InChI is InChI=1S/C31H33ClN2O5S/c1-3-5-18-39-30(38)25-24-15-16-31(40-24)26(25)28(36)34(23(19-35)20-9-7-6-8-10-20)27(31)29(37)33(17-4-2)22-13-11-21(32)12-14-22/h3-4,6-14,23-27,35H,1-2,5,15-19H2/t23-,24-,25+,26+,27?,31?/m1/s1. The number of thioether (sulfide) groups is 1. The zero-order chi connectivity index (χ0) is 28.4. The summed E-state index contributed by atoms with van der Waals surface area (Å²) in [5.74, 6) is -2.37. The van der Waals surface area contributed by atoms with Gasteiger partial charge in [0.05, 0.1) is 35.8 Å². The van der Waals surface area contributed by atoms with Crippen molar-refractivity contribution in [3.63, 3.8) is 0 Å². The first-order valence-corrected chi connectivity index (χ1v) is 14.7. The van der Waals surface area contributed by atoms with Gasteiger partial charge in [-0.1, -0.05) is 54.1 Å². The summed E-state index contributed by atoms with van der Waals surface area (Å²) >= 11 is 7.69. The summed E-state index contributed by atoms with van der Waals surface area (Å²) in [4.78, 5) is 45.6. The van der Waals surface area contributed by atoms with Gasteiger partial charge in [0, 0.05) is 22.5 Å². The van der Waals surface area contributed by atoms with Crippen molar-refractivity contribution in [3.8, 4) is 0 Å². The predicted octanol–water partition coefficient (Wildman–Crippen LogP) is 4.80. The monoisotopic (exact) mass is 580 g/mol. The van der Waals surface area contributed by atoms with Gasteiger partial charge in [-0.15, -0.1) is 24.9 Å². The van der Waals surface area contributed by atoms with E-state index >= 15 is 0 Å². The fraction of sp³-hybridized carbons (Fsp3) is 0.387. The number of likely N-dealkylation sites (tertiary alicyclic amines) is 1. The fourth-order valence-electron chi connectivity index (χ4n) is 6.56. The Morgan fingerprint density at radius 3 is 2.55 bits per heavy atom. The molecule has 2 bridgehead atoms. The molecule has 0 saturated carbocycles. The van der Waals surface area contributed by atoms with Crippen LogP contribution in [0.2, 0.25) is 5.02 Å². The second-order valence-corrected chi connectivity index (χ2v) is 12.4. The third-order valence-electron chi connectivity index (χ3n) is 8.22. The largest absolute Gasteiger partial charge is 0.465 e. The quantitative estimate of drug-likeness (QED) is 0.233. The Morgan fingerprint density at radius 1 is 1.18 bits per heavy atom. The molecule has 6 atom stereocenters. The number of hydrogen-bond acceptors (Lipinski definition) is 6. The zero-order valence-corrected chi connectivity index (χ0v) is 23.7. The van der Waals surface area contributed by atoms with Crippen molar-refractivity contribution in [1.29, 1.82) is 0 Å². The van der Waals surface area contributed by atoms with Crippen molar-refractivity contribution in [2.45, 2.75) is 41.3 Å². The van der Waals surface area contributed by atoms with Gasteiger partial charge in [0.2, 0.25) is 5.91 Å². The van der Waals surface area contributed by atoms with Crippen LogP contribution in [0, 0.1) is 11.8 Å². The van der Waals surface area contributed by atoms with Crippen LogP contribution in [0.3, 0.4) is 0 Å². The van der Waals surface area contributed by atoms with Gasteiger partial charge in [0.1, 0.15) is 6.04 Å². The first-order valence-electron chi connectivity index (χ1n) is 13.5. The first-order chi connectivity index (χ1) is 19.4. The van der Waals surface area contributed by atoms with Gasteiger partial charge >= 0.3 is 5.97 Å². The molecule has 1 spiro atoms. The second kappa shape index (κ2) is 11.8. The van der Waals surface area contributed by atoms with E-state index in [1.54, 1.807) is 58.0 Å². The molecule has 2 aromatic carbocycles. The molecule has 3 aliphatic heterocycles. The minimum absolute atomic E-state index is 0.115. The highest BCUT2D eigenvalue weighted by atomic mass is 35.5. The van der Waals surface area contributed by atoms with Gasteiger partial charge in [0.15, 0.2) is 0 Å². The number of fused-ring (bicyclic) bond motifs is 1. The number of nitrogens with zero attached hydrogens (tertiary/aromatic N) is 2. The molecule has 7 nitrogen and oxygen atoms in total. The van der Waals surface area contributed by atoms with Crippen LogP contribution in [0.4, 0.5) is 5.69 Å². The van der Waals surface area contributed by atoms with Gasteiger partial charge in [-0.3, -0.25) is 14.4 Å². The minimum atomic E-state index is -0.904. The summed E-state index contributed by atoms with van der Waals surface area (Å²) in [6.45, 7) is 7.58. The molecule has 3 aliphatic rings. The summed E-state index contributed by atoms with van der Waals surface area (Å²) in [5, 5.41) is 11.1. The van der Waals surface area contributed by atoms with E-state index in [-0.39, 0.29) is 36.8 Å². The molecule has 3 fully saturated rings. The van der Waals surface area contributed by atoms with Crippen LogP contribution in [0.1, 0.15) is 30.9 Å². The van der Waals surface area contributed by atoms with E-state index in [0.717, 1.165) is 5.56 Å². The highest BCUT2D eigenvalue weighted by Gasteiger charge is 2.75. The molecule has 0 aromatic heterocycles. The first kappa shape index (κ1) is 28.5. The molecule has 2 unspecified atom stereocenters. The Hall–Kier alpha value is -3.07. The average Bonchev–Trinajstić information content (AvgIpc) is 3.61. The lowest BCUT2D eigenvalue weighted by Gasteiger charge is -2.39. The Kier molecular flexibility index (Phi) is 8.40. The van der Waals surface area contributed by atoms with Crippen molar-refractivity contribution >= 4 is 46.8 Å². The van der Waals surface area contributed by atoms with E-state index in [4.69, 9.17) is 16.3 Å². The number of rotatable bonds is 11. The molecule has 210 valence electrons. The average molecular weight is 581 g/mol. The van der Waals surface area contributed by atoms with Crippen LogP contribution in [0.25, 0.3) is 0 Å². The number of ether oxygens (including phenoxy) is 1. The number of anilines is 1. The molecule has 0 aliphatic carbocycles. The normalized spacial score (nSPS) is 27.2. The SMILES string of the molecule is C=CCCOC(=O)[C@@H]1[C@H]2C(=O)N([C@H](CO)c3ccccc3)C(C(=O)N(CC=C)c3ccc(Cl)cc3)C23CC[C@H]1S3. The number of carbonyl (C=O) groups is 3. The molecule has 3 saturated heterocycles. The lowest BCUT2D eigenvalue weighted by Crippen LogP contribution is -2.56. The number of hydrogen-bond donors (Lipinski definition) is 1. The maximum atomic E-state index is 14.7. The number of halogens is 1. The van der Waals surface area contributed by atoms with Crippen molar-refractivity contribution in [3.05, 3.63) is 90.5 Å². The molecule has 2 aromatic rings. The fourth-order valence-corrected chi connectivity index (χ4v) is 8.88. The van der Waals surface area contributed by atoms with Gasteiger partial charge in [0.25, 0.3) is 5.91 Å². The van der Waals surface area contributed by atoms with Crippen molar-refractivity contribution in [2.75, 3.05) is 24.7 Å². The number of aliphatic hydroxyl groups excluding tert-OH is 1. The molecule has 40 heavy (non-hydrogen) atoms. The summed E-state index contributed by atoms with van der Waals surface area (Å²) in [6, 6.07) is 14.5. The Labute approximate surface area is 243 Å². The Balaban J connectivity index is 1.60. The van der Waals surface area contributed by atoms with Crippen LogP contribution in [0.5, 0.6) is 0 Å². The van der Waals surface area contributed by atoms with Crippen LogP contribution < -0.4 is 4.90 Å². The summed E-state index contributed by atoms with van der Waals surface area (Å²) in [7, 11) is 0. The maximum Gasteiger partial charge on any atom is 0.310 e. The van der Waals surface area contributed by atoms with Gasteiger partial charge in [-0.2, -0.15) is 0 Å². The van der Waals surface area contributed by atoms with Crippen LogP contribution in [0.15, 0.2) is 79.9 Å². The summed E-state index contributed by atoms with van der Waals surface area (Å²) < 4.78 is 4.75. The van der Waals surface area contributed by atoms with Crippen LogP contribution in [-0.2, 0) is 19.1 Å². The third kappa shape index (κ3) is 4.76. The van der Waals surface area contributed by atoms with E-state index < -0.39 is 34.6 Å². The van der Waals surface area contributed by atoms with Crippen molar-refractivity contribution in [2.24, 2.45) is 11.8 Å². The van der Waals surface area contributed by atoms with Crippen LogP contribution in [-0.4, -0.2) is 63.6 Å². The molecule has 2 amide bonds. The molecule has 5 rings (SSSR count). The van der Waals surface area contributed by atoms with Gasteiger partial charge < -0.3 is 19.6 Å². The van der Waals surface area contributed by atoms with E-state index in [0.29, 0.717) is 30.0 Å². The van der Waals surface area contributed by atoms with E-state index in [9.17, 15) is 19.5 Å². The topological polar surface area (TPSA) is 87.1 Å². The van der Waals surface area contributed by atoms with Gasteiger partial charge in [-0.25, -0.2) is 0 Å². The lowest BCUT2D eigenvalue weighted by molar-refractivity contribution is -0.154. The van der Waals surface area contributed by atoms with E-state index in [2.05, 4.69) is 13.2 Å². The number of esters is 1. The van der Waals surface area contributed by atoms with E-state index in [1.165, 1.54) is 0 Å². The number of benzene rings is 2. The van der Waals surface area contributed by atoms with E-state index in [1.807, 2.05) is 30.3 Å². The second-order valence-electron chi connectivity index (χ2n) is 10.4. The molecular formula is C31H33ClN2O5S. The highest BCUT2D eigenvalue weighted by molar-refractivity contribution is 8.02. The predicted molar refractivity (Wildman–Crippen MR) is 157 cm³/mol. The maximum absolute atomic E-state index is 14.7. The van der Waals surface area contributed by atoms with Crippen molar-refractivity contribution < 1.29 is 24.2 Å². The summed E-state index contributed by atoms with van der Waals surface area (Å²) in [5.41, 5.74) is 1.35. The Morgan fingerprint density at radius 2 is 1.90 bits per heavy atom.